The van der Waals surface area contributed by atoms with Crippen molar-refractivity contribution in [1.29, 1.82) is 0 Å². The van der Waals surface area contributed by atoms with Crippen LogP contribution in [-0.4, -0.2) is 42.1 Å². The highest BCUT2D eigenvalue weighted by molar-refractivity contribution is 7.10. The summed E-state index contributed by atoms with van der Waals surface area (Å²) in [7, 11) is 0. The Morgan fingerprint density at radius 2 is 2.00 bits per heavy atom. The molecular formula is C23H28N4O2S. The van der Waals surface area contributed by atoms with Crippen molar-refractivity contribution in [2.75, 3.05) is 24.6 Å². The molecule has 0 bridgehead atoms. The largest absolute Gasteiger partial charge is 0.349 e. The van der Waals surface area contributed by atoms with E-state index in [1.807, 2.05) is 32.0 Å². The summed E-state index contributed by atoms with van der Waals surface area (Å²) >= 11 is 1.73. The molecule has 1 unspecified atom stereocenters. The Labute approximate surface area is 181 Å². The number of likely N-dealkylation sites (tertiary alicyclic amines) is 1. The molecule has 1 fully saturated rings. The molecule has 4 rings (SSSR count). The van der Waals surface area contributed by atoms with Crippen LogP contribution in [0.15, 0.2) is 40.8 Å². The maximum absolute atomic E-state index is 12.9. The predicted octanol–water partition coefficient (Wildman–Crippen LogP) is 3.80. The van der Waals surface area contributed by atoms with Crippen molar-refractivity contribution in [2.24, 2.45) is 5.10 Å². The van der Waals surface area contributed by atoms with Gasteiger partial charge in [-0.25, -0.2) is 5.01 Å². The summed E-state index contributed by atoms with van der Waals surface area (Å²) in [5, 5.41) is 11.0. The summed E-state index contributed by atoms with van der Waals surface area (Å²) in [5.41, 5.74) is 3.19. The number of thiophene rings is 1. The molecule has 0 saturated carbocycles. The molecule has 2 amide bonds. The molecule has 7 heteroatoms. The topological polar surface area (TPSA) is 65.0 Å². The first kappa shape index (κ1) is 20.8. The number of anilines is 1. The Bertz CT molecular complexity index is 948. The highest BCUT2D eigenvalue weighted by atomic mass is 32.1. The van der Waals surface area contributed by atoms with Crippen LogP contribution < -0.4 is 10.3 Å². The number of nitrogens with zero attached hydrogens (tertiary/aromatic N) is 3. The van der Waals surface area contributed by atoms with Crippen LogP contribution in [-0.2, 0) is 9.59 Å². The molecule has 6 nitrogen and oxygen atoms in total. The van der Waals surface area contributed by atoms with Gasteiger partial charge >= 0.3 is 0 Å². The van der Waals surface area contributed by atoms with Gasteiger partial charge in [0, 0.05) is 24.3 Å². The number of carbonyl (C=O) groups excluding carboxylic acids is 2. The van der Waals surface area contributed by atoms with Crippen molar-refractivity contribution in [3.8, 4) is 0 Å². The molecule has 2 aliphatic heterocycles. The van der Waals surface area contributed by atoms with E-state index < -0.39 is 0 Å². The molecule has 3 heterocycles. The van der Waals surface area contributed by atoms with E-state index in [1.165, 1.54) is 22.7 Å². The smallest absolute Gasteiger partial charge is 0.267 e. The third-order valence-electron chi connectivity index (χ3n) is 5.80. The third-order valence-corrected chi connectivity index (χ3v) is 6.77. The number of hydrazone groups is 1. The molecule has 0 radical (unpaired) electrons. The zero-order valence-electron chi connectivity index (χ0n) is 17.6. The van der Waals surface area contributed by atoms with Crippen LogP contribution in [0.5, 0.6) is 0 Å². The minimum atomic E-state index is -0.182. The Morgan fingerprint density at radius 3 is 2.73 bits per heavy atom. The van der Waals surface area contributed by atoms with Crippen molar-refractivity contribution in [2.45, 2.75) is 45.6 Å². The van der Waals surface area contributed by atoms with Crippen molar-refractivity contribution in [3.63, 3.8) is 0 Å². The molecule has 158 valence electrons. The average molecular weight is 425 g/mol. The van der Waals surface area contributed by atoms with Gasteiger partial charge in [-0.15, -0.1) is 11.3 Å². The zero-order chi connectivity index (χ0) is 21.1. The van der Waals surface area contributed by atoms with E-state index in [-0.39, 0.29) is 17.9 Å². The van der Waals surface area contributed by atoms with E-state index in [0.29, 0.717) is 25.1 Å². The lowest BCUT2D eigenvalue weighted by molar-refractivity contribution is -0.119. The molecule has 2 aromatic rings. The quantitative estimate of drug-likeness (QED) is 0.767. The van der Waals surface area contributed by atoms with Gasteiger partial charge in [0.1, 0.15) is 5.71 Å². The molecule has 1 aromatic heterocycles. The average Bonchev–Trinajstić information content (AvgIpc) is 3.45. The Morgan fingerprint density at radius 1 is 1.20 bits per heavy atom. The molecule has 0 aliphatic carbocycles. The minimum Gasteiger partial charge on any atom is -0.349 e. The van der Waals surface area contributed by atoms with Crippen LogP contribution in [0.2, 0.25) is 0 Å². The number of nitrogens with one attached hydrogen (secondary N) is 1. The second-order valence-electron chi connectivity index (χ2n) is 8.03. The third kappa shape index (κ3) is 4.47. The van der Waals surface area contributed by atoms with Gasteiger partial charge in [0.25, 0.3) is 5.91 Å². The Balaban J connectivity index is 1.49. The number of carbonyl (C=O) groups is 2. The van der Waals surface area contributed by atoms with Gasteiger partial charge in [0.2, 0.25) is 5.91 Å². The first-order valence-electron chi connectivity index (χ1n) is 10.6. The highest BCUT2D eigenvalue weighted by Gasteiger charge is 2.29. The van der Waals surface area contributed by atoms with Gasteiger partial charge in [0.05, 0.1) is 11.7 Å². The monoisotopic (exact) mass is 424 g/mol. The van der Waals surface area contributed by atoms with Crippen molar-refractivity contribution in [3.05, 3.63) is 51.7 Å². The van der Waals surface area contributed by atoms with Gasteiger partial charge in [-0.3, -0.25) is 14.5 Å². The number of aryl methyl sites for hydroxylation is 2. The minimum absolute atomic E-state index is 0.0752. The second kappa shape index (κ2) is 9.10. The zero-order valence-corrected chi connectivity index (χ0v) is 18.4. The lowest BCUT2D eigenvalue weighted by Crippen LogP contribution is -2.42. The first-order valence-corrected chi connectivity index (χ1v) is 11.4. The van der Waals surface area contributed by atoms with Crippen LogP contribution in [0.25, 0.3) is 0 Å². The summed E-state index contributed by atoms with van der Waals surface area (Å²) in [6, 6.07) is 10.3. The van der Waals surface area contributed by atoms with Crippen LogP contribution in [0.1, 0.15) is 47.7 Å². The van der Waals surface area contributed by atoms with E-state index in [4.69, 9.17) is 0 Å². The fourth-order valence-electron chi connectivity index (χ4n) is 4.09. The maximum Gasteiger partial charge on any atom is 0.267 e. The fraction of sp³-hybridized carbons (Fsp3) is 0.435. The van der Waals surface area contributed by atoms with E-state index in [2.05, 4.69) is 32.8 Å². The van der Waals surface area contributed by atoms with Gasteiger partial charge < -0.3 is 5.32 Å². The summed E-state index contributed by atoms with van der Waals surface area (Å²) in [5.74, 6) is -0.257. The predicted molar refractivity (Wildman–Crippen MR) is 121 cm³/mol. The SMILES string of the molecule is Cc1ccc(C)c(N2N=C(C(=O)NCC(c3cccs3)N3CCCC3)CCC2=O)c1. The number of hydrogen-bond donors (Lipinski definition) is 1. The van der Waals surface area contributed by atoms with E-state index in [1.54, 1.807) is 11.3 Å². The molecule has 1 atom stereocenters. The number of benzene rings is 1. The summed E-state index contributed by atoms with van der Waals surface area (Å²) < 4.78 is 0. The molecule has 1 aromatic carbocycles. The summed E-state index contributed by atoms with van der Waals surface area (Å²) in [6.07, 6.45) is 3.07. The van der Waals surface area contributed by atoms with Crippen LogP contribution in [0, 0.1) is 13.8 Å². The summed E-state index contributed by atoms with van der Waals surface area (Å²) in [4.78, 5) is 29.1. The summed E-state index contributed by atoms with van der Waals surface area (Å²) in [6.45, 7) is 6.61. The van der Waals surface area contributed by atoms with Gasteiger partial charge in [-0.05, 0) is 68.4 Å². The van der Waals surface area contributed by atoms with Crippen molar-refractivity contribution in [1.82, 2.24) is 10.2 Å². The fourth-order valence-corrected chi connectivity index (χ4v) is 4.95. The second-order valence-corrected chi connectivity index (χ2v) is 9.01. The van der Waals surface area contributed by atoms with Crippen LogP contribution in [0.4, 0.5) is 5.69 Å². The van der Waals surface area contributed by atoms with E-state index in [9.17, 15) is 9.59 Å². The highest BCUT2D eigenvalue weighted by Crippen LogP contribution is 2.28. The maximum atomic E-state index is 12.9. The lowest BCUT2D eigenvalue weighted by Gasteiger charge is -2.28. The molecule has 1 saturated heterocycles. The standard InChI is InChI=1S/C23H28N4O2S/c1-16-7-8-17(2)19(14-16)27-22(28)10-9-18(25-27)23(29)24-15-20(21-6-5-13-30-21)26-11-3-4-12-26/h5-8,13-14,20H,3-4,9-12,15H2,1-2H3,(H,24,29). The van der Waals surface area contributed by atoms with Crippen LogP contribution in [0.3, 0.4) is 0 Å². The number of rotatable bonds is 6. The molecule has 2 aliphatic rings. The van der Waals surface area contributed by atoms with Gasteiger partial charge in [-0.1, -0.05) is 18.2 Å². The Kier molecular flexibility index (Phi) is 6.29. The van der Waals surface area contributed by atoms with Gasteiger partial charge in [-0.2, -0.15) is 5.10 Å². The molecule has 0 spiro atoms. The van der Waals surface area contributed by atoms with Gasteiger partial charge in [0.15, 0.2) is 0 Å². The molecular weight excluding hydrogens is 396 g/mol. The van der Waals surface area contributed by atoms with E-state index in [0.717, 1.165) is 29.9 Å². The first-order chi connectivity index (χ1) is 14.5. The number of amides is 2. The molecule has 30 heavy (non-hydrogen) atoms. The van der Waals surface area contributed by atoms with Crippen molar-refractivity contribution >= 4 is 34.6 Å². The lowest BCUT2D eigenvalue weighted by atomic mass is 10.1. The normalized spacial score (nSPS) is 18.4. The number of hydrogen-bond acceptors (Lipinski definition) is 5. The van der Waals surface area contributed by atoms with Crippen molar-refractivity contribution < 1.29 is 9.59 Å². The van der Waals surface area contributed by atoms with Crippen LogP contribution >= 0.6 is 11.3 Å². The van der Waals surface area contributed by atoms with E-state index >= 15 is 0 Å². The Hall–Kier alpha value is -2.51. The molecule has 1 N–H and O–H groups in total.